The van der Waals surface area contributed by atoms with Gasteiger partial charge in [-0.05, 0) is 36.8 Å². The van der Waals surface area contributed by atoms with Crippen molar-refractivity contribution in [1.82, 2.24) is 14.9 Å². The van der Waals surface area contributed by atoms with Crippen LogP contribution in [-0.4, -0.2) is 46.3 Å². The van der Waals surface area contributed by atoms with Crippen LogP contribution in [0.25, 0.3) is 11.0 Å². The Morgan fingerprint density at radius 3 is 2.80 bits per heavy atom. The molecule has 1 aliphatic heterocycles. The summed E-state index contributed by atoms with van der Waals surface area (Å²) in [7, 11) is 0. The molecule has 4 rings (SSSR count). The molecule has 1 saturated heterocycles. The van der Waals surface area contributed by atoms with E-state index in [9.17, 15) is 18.0 Å². The van der Waals surface area contributed by atoms with Crippen molar-refractivity contribution in [2.24, 2.45) is 0 Å². The second-order valence-electron chi connectivity index (χ2n) is 6.81. The zero-order valence-electron chi connectivity index (χ0n) is 15.5. The molecule has 0 bridgehead atoms. The first-order chi connectivity index (χ1) is 14.3. The van der Waals surface area contributed by atoms with E-state index in [0.717, 1.165) is 6.07 Å². The maximum atomic E-state index is 12.8. The second-order valence-corrected chi connectivity index (χ2v) is 7.25. The number of rotatable bonds is 4. The number of nitrogens with zero attached hydrogens (tertiary/aromatic N) is 3. The molecular formula is C20H16ClF3N4O2. The minimum atomic E-state index is -4.87. The number of hydrogen-bond donors (Lipinski definition) is 1. The van der Waals surface area contributed by atoms with E-state index in [2.05, 4.69) is 20.0 Å². The summed E-state index contributed by atoms with van der Waals surface area (Å²) in [6, 6.07) is 10.4. The topological polar surface area (TPSA) is 67.3 Å². The lowest BCUT2D eigenvalue weighted by molar-refractivity contribution is -0.274. The number of amides is 1. The molecule has 1 amide bonds. The summed E-state index contributed by atoms with van der Waals surface area (Å²) in [5.74, 6) is -0.478. The van der Waals surface area contributed by atoms with E-state index in [1.54, 1.807) is 24.4 Å². The molecule has 1 aromatic heterocycles. The van der Waals surface area contributed by atoms with Gasteiger partial charge < -0.3 is 15.0 Å². The van der Waals surface area contributed by atoms with E-state index in [1.165, 1.54) is 23.1 Å². The quantitative estimate of drug-likeness (QED) is 0.652. The summed E-state index contributed by atoms with van der Waals surface area (Å²) >= 11 is 5.95. The van der Waals surface area contributed by atoms with Crippen molar-refractivity contribution in [3.05, 3.63) is 59.2 Å². The van der Waals surface area contributed by atoms with Crippen molar-refractivity contribution >= 4 is 34.4 Å². The third-order valence-electron chi connectivity index (χ3n) is 4.67. The number of alkyl halides is 3. The highest BCUT2D eigenvalue weighted by Gasteiger charge is 2.34. The molecular weight excluding hydrogens is 421 g/mol. The van der Waals surface area contributed by atoms with Crippen LogP contribution in [0.3, 0.4) is 0 Å². The van der Waals surface area contributed by atoms with Crippen LogP contribution in [0.1, 0.15) is 16.8 Å². The van der Waals surface area contributed by atoms with Gasteiger partial charge in [-0.25, -0.2) is 4.98 Å². The summed E-state index contributed by atoms with van der Waals surface area (Å²) < 4.78 is 41.9. The molecule has 10 heteroatoms. The number of halogens is 4. The van der Waals surface area contributed by atoms with Crippen molar-refractivity contribution < 1.29 is 22.7 Å². The van der Waals surface area contributed by atoms with E-state index >= 15 is 0 Å². The van der Waals surface area contributed by atoms with E-state index in [1.807, 2.05) is 0 Å². The standard InChI is InChI=1S/C20H16ClF3N4O2/c21-12-5-6-15-16(9-12)25-10-18(27-15)26-13-7-8-28(11-13)19(29)14-3-1-2-4-17(14)30-20(22,23)24/h1-6,9-10,13H,7-8,11H2,(H,26,27)/t13-/m1/s1. The van der Waals surface area contributed by atoms with Gasteiger partial charge in [0, 0.05) is 24.2 Å². The normalized spacial score (nSPS) is 16.7. The van der Waals surface area contributed by atoms with E-state index in [4.69, 9.17) is 11.6 Å². The lowest BCUT2D eigenvalue weighted by Crippen LogP contribution is -2.32. The molecule has 2 aromatic carbocycles. The SMILES string of the molecule is O=C(c1ccccc1OC(F)(F)F)N1CC[C@@H](Nc2cnc3cc(Cl)ccc3n2)C1. The van der Waals surface area contributed by atoms with E-state index in [0.29, 0.717) is 41.4 Å². The summed E-state index contributed by atoms with van der Waals surface area (Å²) in [6.45, 7) is 0.715. The van der Waals surface area contributed by atoms with Crippen molar-refractivity contribution in [2.45, 2.75) is 18.8 Å². The van der Waals surface area contributed by atoms with Crippen LogP contribution >= 0.6 is 11.6 Å². The monoisotopic (exact) mass is 436 g/mol. The smallest absolute Gasteiger partial charge is 0.405 e. The van der Waals surface area contributed by atoms with Crippen LogP contribution < -0.4 is 10.1 Å². The van der Waals surface area contributed by atoms with Crippen molar-refractivity contribution in [3.8, 4) is 5.75 Å². The number of anilines is 1. The van der Waals surface area contributed by atoms with Gasteiger partial charge in [-0.1, -0.05) is 23.7 Å². The van der Waals surface area contributed by atoms with Crippen molar-refractivity contribution in [3.63, 3.8) is 0 Å². The minimum absolute atomic E-state index is 0.108. The highest BCUT2D eigenvalue weighted by molar-refractivity contribution is 6.31. The maximum Gasteiger partial charge on any atom is 0.573 e. The first kappa shape index (κ1) is 20.2. The number of nitrogens with one attached hydrogen (secondary N) is 1. The zero-order valence-corrected chi connectivity index (χ0v) is 16.2. The molecule has 0 unspecified atom stereocenters. The Morgan fingerprint density at radius 2 is 2.00 bits per heavy atom. The summed E-state index contributed by atoms with van der Waals surface area (Å²) in [5, 5.41) is 3.79. The lowest BCUT2D eigenvalue weighted by atomic mass is 10.2. The predicted octanol–water partition coefficient (Wildman–Crippen LogP) is 4.51. The Bertz CT molecular complexity index is 1090. The summed E-state index contributed by atoms with van der Waals surface area (Å²) in [6.07, 6.45) is -2.67. The van der Waals surface area contributed by atoms with Gasteiger partial charge >= 0.3 is 6.36 Å². The third-order valence-corrected chi connectivity index (χ3v) is 4.91. The second kappa shape index (κ2) is 7.98. The van der Waals surface area contributed by atoms with Crippen LogP contribution in [0.2, 0.25) is 5.02 Å². The molecule has 0 aliphatic carbocycles. The Hall–Kier alpha value is -3.07. The number of fused-ring (bicyclic) bond motifs is 1. The van der Waals surface area contributed by atoms with Gasteiger partial charge in [-0.15, -0.1) is 13.2 Å². The summed E-state index contributed by atoms with van der Waals surface area (Å²) in [4.78, 5) is 23.1. The van der Waals surface area contributed by atoms with Crippen LogP contribution in [-0.2, 0) is 0 Å². The highest BCUT2D eigenvalue weighted by atomic mass is 35.5. The van der Waals surface area contributed by atoms with Crippen molar-refractivity contribution in [1.29, 1.82) is 0 Å². The van der Waals surface area contributed by atoms with Crippen molar-refractivity contribution in [2.75, 3.05) is 18.4 Å². The fourth-order valence-corrected chi connectivity index (χ4v) is 3.52. The number of likely N-dealkylation sites (tertiary alicyclic amines) is 1. The van der Waals surface area contributed by atoms with Crippen LogP contribution in [0.5, 0.6) is 5.75 Å². The number of aromatic nitrogens is 2. The highest BCUT2D eigenvalue weighted by Crippen LogP contribution is 2.28. The van der Waals surface area contributed by atoms with E-state index in [-0.39, 0.29) is 11.6 Å². The molecule has 156 valence electrons. The Balaban J connectivity index is 1.45. The molecule has 6 nitrogen and oxygen atoms in total. The first-order valence-corrected chi connectivity index (χ1v) is 9.49. The number of para-hydroxylation sites is 1. The molecule has 1 N–H and O–H groups in total. The van der Waals surface area contributed by atoms with Gasteiger partial charge in [0.15, 0.2) is 0 Å². The average molecular weight is 437 g/mol. The molecule has 0 radical (unpaired) electrons. The Kier molecular flexibility index (Phi) is 5.38. The van der Waals surface area contributed by atoms with Crippen LogP contribution in [0.4, 0.5) is 19.0 Å². The third kappa shape index (κ3) is 4.56. The largest absolute Gasteiger partial charge is 0.573 e. The molecule has 30 heavy (non-hydrogen) atoms. The molecule has 1 aliphatic rings. The molecule has 3 aromatic rings. The number of carbonyl (C=O) groups excluding carboxylic acids is 1. The van der Waals surface area contributed by atoms with Crippen LogP contribution in [0.15, 0.2) is 48.7 Å². The van der Waals surface area contributed by atoms with Gasteiger partial charge in [-0.3, -0.25) is 9.78 Å². The van der Waals surface area contributed by atoms with Crippen LogP contribution in [0, 0.1) is 0 Å². The molecule has 2 heterocycles. The van der Waals surface area contributed by atoms with Gasteiger partial charge in [0.1, 0.15) is 11.6 Å². The number of ether oxygens (including phenoxy) is 1. The van der Waals surface area contributed by atoms with Gasteiger partial charge in [-0.2, -0.15) is 0 Å². The fraction of sp³-hybridized carbons (Fsp3) is 0.250. The predicted molar refractivity (Wildman–Crippen MR) is 106 cm³/mol. The van der Waals surface area contributed by atoms with Gasteiger partial charge in [0.05, 0.1) is 22.8 Å². The zero-order chi connectivity index (χ0) is 21.3. The van der Waals surface area contributed by atoms with Gasteiger partial charge in [0.2, 0.25) is 0 Å². The summed E-state index contributed by atoms with van der Waals surface area (Å²) in [5.41, 5.74) is 1.21. The molecule has 0 saturated carbocycles. The molecule has 1 atom stereocenters. The number of hydrogen-bond acceptors (Lipinski definition) is 5. The Morgan fingerprint density at radius 1 is 1.20 bits per heavy atom. The van der Waals surface area contributed by atoms with Gasteiger partial charge in [0.25, 0.3) is 5.91 Å². The minimum Gasteiger partial charge on any atom is -0.405 e. The number of carbonyl (C=O) groups is 1. The Labute approximate surface area is 174 Å². The molecule has 0 spiro atoms. The maximum absolute atomic E-state index is 12.8. The number of benzene rings is 2. The fourth-order valence-electron chi connectivity index (χ4n) is 3.35. The van der Waals surface area contributed by atoms with E-state index < -0.39 is 18.0 Å². The lowest BCUT2D eigenvalue weighted by Gasteiger charge is -2.19. The first-order valence-electron chi connectivity index (χ1n) is 9.11. The average Bonchev–Trinajstić information content (AvgIpc) is 3.15. The molecule has 1 fully saturated rings.